The lowest BCUT2D eigenvalue weighted by atomic mass is 9.71. The third-order valence-corrected chi connectivity index (χ3v) is 8.24. The van der Waals surface area contributed by atoms with Crippen molar-refractivity contribution in [1.82, 2.24) is 14.9 Å². The molecular formula is C27H24F6N4O2. The summed E-state index contributed by atoms with van der Waals surface area (Å²) in [7, 11) is 0. The lowest BCUT2D eigenvalue weighted by Gasteiger charge is -2.43. The van der Waals surface area contributed by atoms with Crippen LogP contribution in [0.1, 0.15) is 49.4 Å². The molecule has 12 heteroatoms. The van der Waals surface area contributed by atoms with E-state index in [0.29, 0.717) is 31.2 Å². The number of amides is 1. The van der Waals surface area contributed by atoms with Crippen LogP contribution in [0.25, 0.3) is 16.7 Å². The van der Waals surface area contributed by atoms with E-state index >= 15 is 4.39 Å². The summed E-state index contributed by atoms with van der Waals surface area (Å²) in [5.41, 5.74) is -4.12. The average molecular weight is 551 g/mol. The van der Waals surface area contributed by atoms with Gasteiger partial charge in [-0.25, -0.2) is 18.2 Å². The van der Waals surface area contributed by atoms with Crippen LogP contribution < -0.4 is 16.1 Å². The number of fused-ring (bicyclic) bond motifs is 2. The summed E-state index contributed by atoms with van der Waals surface area (Å²) >= 11 is 0. The molecule has 3 fully saturated rings. The highest BCUT2D eigenvalue weighted by atomic mass is 19.4. The fourth-order valence-corrected chi connectivity index (χ4v) is 6.98. The van der Waals surface area contributed by atoms with Gasteiger partial charge in [0.15, 0.2) is 5.65 Å². The number of hydrogen-bond donors (Lipinski definition) is 2. The van der Waals surface area contributed by atoms with Crippen LogP contribution in [0.15, 0.2) is 41.3 Å². The number of alkyl halides is 4. The summed E-state index contributed by atoms with van der Waals surface area (Å²) in [5.74, 6) is -2.66. The van der Waals surface area contributed by atoms with Crippen LogP contribution in [-0.4, -0.2) is 39.4 Å². The predicted molar refractivity (Wildman–Crippen MR) is 131 cm³/mol. The largest absolute Gasteiger partial charge is 0.405 e. The van der Waals surface area contributed by atoms with Gasteiger partial charge in [0, 0.05) is 24.2 Å². The zero-order valence-electron chi connectivity index (χ0n) is 20.8. The molecule has 1 amide bonds. The third kappa shape index (κ3) is 4.53. The van der Waals surface area contributed by atoms with Crippen molar-refractivity contribution in [2.24, 2.45) is 11.3 Å². The number of nitrogens with zero attached hydrogens (tertiary/aromatic N) is 2. The zero-order valence-corrected chi connectivity index (χ0v) is 20.8. The van der Waals surface area contributed by atoms with Crippen LogP contribution in [0, 0.1) is 23.0 Å². The second-order valence-corrected chi connectivity index (χ2v) is 11.5. The molecule has 206 valence electrons. The number of hydrogen-bond acceptors (Lipinski definition) is 4. The number of carbonyl (C=O) groups is 1. The molecule has 0 aliphatic heterocycles. The fourth-order valence-electron chi connectivity index (χ4n) is 6.98. The number of nitrogens with one attached hydrogen (secondary N) is 2. The minimum absolute atomic E-state index is 0.105. The molecule has 1 aromatic carbocycles. The number of pyridine rings is 2. The molecule has 0 radical (unpaired) electrons. The minimum Gasteiger partial charge on any atom is -0.361 e. The maximum Gasteiger partial charge on any atom is 0.405 e. The van der Waals surface area contributed by atoms with Gasteiger partial charge < -0.3 is 10.6 Å². The Morgan fingerprint density at radius 3 is 2.59 bits per heavy atom. The molecule has 2 bridgehead atoms. The van der Waals surface area contributed by atoms with Gasteiger partial charge in [-0.05, 0) is 68.2 Å². The topological polar surface area (TPSA) is 76.0 Å². The van der Waals surface area contributed by atoms with E-state index < -0.39 is 46.9 Å². The molecule has 3 aromatic rings. The first-order chi connectivity index (χ1) is 18.2. The molecule has 6 nitrogen and oxygen atoms in total. The van der Waals surface area contributed by atoms with Gasteiger partial charge in [-0.1, -0.05) is 0 Å². The summed E-state index contributed by atoms with van der Waals surface area (Å²) in [6, 6.07) is 4.94. The predicted octanol–water partition coefficient (Wildman–Crippen LogP) is 5.43. The number of benzene rings is 1. The van der Waals surface area contributed by atoms with Gasteiger partial charge in [-0.2, -0.15) is 13.2 Å². The summed E-state index contributed by atoms with van der Waals surface area (Å²) in [5, 5.41) is 4.78. The maximum atomic E-state index is 15.4. The van der Waals surface area contributed by atoms with E-state index in [1.54, 1.807) is 6.92 Å². The molecule has 2 heterocycles. The lowest BCUT2D eigenvalue weighted by molar-refractivity contribution is -0.115. The molecular weight excluding hydrogens is 526 g/mol. The standard InChI is InChI=1S/C27H24F6N4O2/c1-24(10-25-7-14(25)8-26(30,11-24)12-25)36-23(39)17-9-37(19-4-2-15(28)6-18(19)29)22-16(21(17)38)3-5-20(35-22)34-13-27(31,32)33/h2-6,9,14H,7-8,10-13H2,1H3,(H,34,35)(H,36,39). The molecule has 3 saturated carbocycles. The van der Waals surface area contributed by atoms with Crippen molar-refractivity contribution < 1.29 is 31.1 Å². The van der Waals surface area contributed by atoms with Crippen molar-refractivity contribution in [2.75, 3.05) is 11.9 Å². The van der Waals surface area contributed by atoms with Crippen LogP contribution >= 0.6 is 0 Å². The van der Waals surface area contributed by atoms with Crippen LogP contribution in [-0.2, 0) is 0 Å². The Labute approximate surface area is 218 Å². The van der Waals surface area contributed by atoms with Crippen molar-refractivity contribution in [2.45, 2.75) is 56.4 Å². The third-order valence-electron chi connectivity index (χ3n) is 8.24. The van der Waals surface area contributed by atoms with Crippen molar-refractivity contribution >= 4 is 22.8 Å². The van der Waals surface area contributed by atoms with E-state index in [2.05, 4.69) is 15.6 Å². The second kappa shape index (κ2) is 8.22. The average Bonchev–Trinajstić information content (AvgIpc) is 3.37. The Morgan fingerprint density at radius 1 is 1.13 bits per heavy atom. The number of carbonyl (C=O) groups excluding carboxylic acids is 1. The van der Waals surface area contributed by atoms with Crippen LogP contribution in [0.5, 0.6) is 0 Å². The van der Waals surface area contributed by atoms with Gasteiger partial charge in [0.2, 0.25) is 5.43 Å². The Balaban J connectivity index is 1.42. The molecule has 1 spiro atoms. The first-order valence-electron chi connectivity index (χ1n) is 12.5. The Bertz CT molecular complexity index is 1580. The van der Waals surface area contributed by atoms with E-state index in [4.69, 9.17) is 0 Å². The fraction of sp³-hybridized carbons (Fsp3) is 0.444. The SMILES string of the molecule is CC1(NC(=O)c2cn(-c3ccc(F)cc3F)c3nc(NCC(F)(F)F)ccc3c2=O)CC2(F)CC3CC3(C2)C1. The summed E-state index contributed by atoms with van der Waals surface area (Å²) in [6.45, 7) is 0.346. The molecule has 3 aliphatic rings. The summed E-state index contributed by atoms with van der Waals surface area (Å²) in [6.07, 6.45) is -0.997. The molecule has 4 atom stereocenters. The van der Waals surface area contributed by atoms with E-state index in [-0.39, 0.29) is 39.9 Å². The Morgan fingerprint density at radius 2 is 1.90 bits per heavy atom. The van der Waals surface area contributed by atoms with E-state index in [1.165, 1.54) is 6.07 Å². The summed E-state index contributed by atoms with van der Waals surface area (Å²) in [4.78, 5) is 31.0. The zero-order chi connectivity index (χ0) is 28.0. The van der Waals surface area contributed by atoms with Crippen LogP contribution in [0.4, 0.5) is 32.2 Å². The van der Waals surface area contributed by atoms with Gasteiger partial charge in [0.05, 0.1) is 11.1 Å². The van der Waals surface area contributed by atoms with E-state index in [1.807, 2.05) is 0 Å². The highest BCUT2D eigenvalue weighted by molar-refractivity contribution is 5.97. The molecule has 39 heavy (non-hydrogen) atoms. The smallest absolute Gasteiger partial charge is 0.361 e. The van der Waals surface area contributed by atoms with Gasteiger partial charge in [0.25, 0.3) is 5.91 Å². The van der Waals surface area contributed by atoms with Gasteiger partial charge >= 0.3 is 6.18 Å². The highest BCUT2D eigenvalue weighted by Gasteiger charge is 2.71. The first kappa shape index (κ1) is 25.7. The van der Waals surface area contributed by atoms with Crippen molar-refractivity contribution in [3.8, 4) is 5.69 Å². The molecule has 2 N–H and O–H groups in total. The van der Waals surface area contributed by atoms with Crippen LogP contribution in [0.3, 0.4) is 0 Å². The highest BCUT2D eigenvalue weighted by Crippen LogP contribution is 2.74. The molecule has 4 unspecified atom stereocenters. The van der Waals surface area contributed by atoms with Crippen LogP contribution in [0.2, 0.25) is 0 Å². The van der Waals surface area contributed by atoms with Crippen molar-refractivity contribution in [3.63, 3.8) is 0 Å². The minimum atomic E-state index is -4.55. The molecule has 3 aliphatic carbocycles. The lowest BCUT2D eigenvalue weighted by Crippen LogP contribution is -2.54. The molecule has 0 saturated heterocycles. The molecule has 6 rings (SSSR count). The van der Waals surface area contributed by atoms with Gasteiger partial charge in [-0.3, -0.25) is 14.2 Å². The number of aromatic nitrogens is 2. The number of anilines is 1. The number of rotatable bonds is 5. The number of halogens is 6. The van der Waals surface area contributed by atoms with Crippen molar-refractivity contribution in [3.05, 3.63) is 63.9 Å². The summed E-state index contributed by atoms with van der Waals surface area (Å²) < 4.78 is 83.1. The maximum absolute atomic E-state index is 15.4. The molecule has 2 aromatic heterocycles. The van der Waals surface area contributed by atoms with Gasteiger partial charge in [-0.15, -0.1) is 0 Å². The monoisotopic (exact) mass is 550 g/mol. The second-order valence-electron chi connectivity index (χ2n) is 11.5. The quantitative estimate of drug-likeness (QED) is 0.416. The Kier molecular flexibility index (Phi) is 5.41. The van der Waals surface area contributed by atoms with Gasteiger partial charge in [0.1, 0.15) is 35.2 Å². The van der Waals surface area contributed by atoms with E-state index in [0.717, 1.165) is 35.4 Å². The first-order valence-corrected chi connectivity index (χ1v) is 12.5. The normalized spacial score (nSPS) is 29.3. The van der Waals surface area contributed by atoms with Crippen molar-refractivity contribution in [1.29, 1.82) is 0 Å². The Hall–Kier alpha value is -3.57. The van der Waals surface area contributed by atoms with E-state index in [9.17, 15) is 31.5 Å².